The summed E-state index contributed by atoms with van der Waals surface area (Å²) in [6, 6.07) is 0.275. The molecule has 0 bridgehead atoms. The monoisotopic (exact) mass is 239 g/mol. The highest BCUT2D eigenvalue weighted by molar-refractivity contribution is 5.86. The fourth-order valence-corrected chi connectivity index (χ4v) is 3.46. The van der Waals surface area contributed by atoms with Crippen molar-refractivity contribution in [3.63, 3.8) is 0 Å². The Bertz CT molecular complexity index is 329. The van der Waals surface area contributed by atoms with E-state index in [1.807, 2.05) is 4.90 Å². The minimum atomic E-state index is -0.835. The van der Waals surface area contributed by atoms with Gasteiger partial charge in [0.25, 0.3) is 0 Å². The van der Waals surface area contributed by atoms with Crippen LogP contribution in [0.3, 0.4) is 0 Å². The molecule has 2 fully saturated rings. The summed E-state index contributed by atoms with van der Waals surface area (Å²) in [4.78, 5) is 24.6. The molecule has 96 valence electrons. The standard InChI is InChI=1S/C13H21NO3/c1-3-9-4-5-11(8(9)2)14-7-10(13(16)17)6-12(14)15/h8-11H,3-7H2,1-2H3,(H,16,17). The van der Waals surface area contributed by atoms with E-state index in [2.05, 4.69) is 13.8 Å². The molecule has 0 radical (unpaired) electrons. The smallest absolute Gasteiger partial charge is 0.308 e. The van der Waals surface area contributed by atoms with Gasteiger partial charge in [-0.15, -0.1) is 0 Å². The third-order valence-electron chi connectivity index (χ3n) is 4.62. The van der Waals surface area contributed by atoms with Crippen molar-refractivity contribution in [1.29, 1.82) is 0 Å². The second-order valence-electron chi connectivity index (χ2n) is 5.46. The van der Waals surface area contributed by atoms with Crippen molar-refractivity contribution in [3.05, 3.63) is 0 Å². The molecule has 1 saturated carbocycles. The van der Waals surface area contributed by atoms with Crippen LogP contribution in [0.15, 0.2) is 0 Å². The minimum absolute atomic E-state index is 0.0333. The molecule has 1 saturated heterocycles. The predicted molar refractivity (Wildman–Crippen MR) is 63.4 cm³/mol. The van der Waals surface area contributed by atoms with E-state index in [1.54, 1.807) is 0 Å². The van der Waals surface area contributed by atoms with E-state index in [4.69, 9.17) is 5.11 Å². The highest BCUT2D eigenvalue weighted by Gasteiger charge is 2.43. The molecular weight excluding hydrogens is 218 g/mol. The number of hydrogen-bond donors (Lipinski definition) is 1. The number of carboxylic acid groups (broad SMARTS) is 1. The zero-order chi connectivity index (χ0) is 12.6. The number of likely N-dealkylation sites (tertiary alicyclic amines) is 1. The maximum absolute atomic E-state index is 11.9. The topological polar surface area (TPSA) is 57.6 Å². The first-order valence-electron chi connectivity index (χ1n) is 6.56. The third-order valence-corrected chi connectivity index (χ3v) is 4.62. The van der Waals surface area contributed by atoms with Crippen molar-refractivity contribution in [1.82, 2.24) is 4.90 Å². The SMILES string of the molecule is CCC1CCC(N2CC(C(=O)O)CC2=O)C1C. The quantitative estimate of drug-likeness (QED) is 0.816. The Balaban J connectivity index is 2.04. The lowest BCUT2D eigenvalue weighted by molar-refractivity contribution is -0.141. The largest absolute Gasteiger partial charge is 0.481 e. The Hall–Kier alpha value is -1.06. The van der Waals surface area contributed by atoms with E-state index >= 15 is 0 Å². The lowest BCUT2D eigenvalue weighted by Gasteiger charge is -2.29. The molecule has 17 heavy (non-hydrogen) atoms. The van der Waals surface area contributed by atoms with Gasteiger partial charge in [-0.25, -0.2) is 0 Å². The minimum Gasteiger partial charge on any atom is -0.481 e. The predicted octanol–water partition coefficient (Wildman–Crippen LogP) is 1.74. The van der Waals surface area contributed by atoms with Crippen LogP contribution in [0, 0.1) is 17.8 Å². The van der Waals surface area contributed by atoms with Gasteiger partial charge in [0, 0.05) is 19.0 Å². The van der Waals surface area contributed by atoms with Crippen molar-refractivity contribution in [2.75, 3.05) is 6.54 Å². The molecule has 2 rings (SSSR count). The van der Waals surface area contributed by atoms with Gasteiger partial charge in [-0.1, -0.05) is 20.3 Å². The highest BCUT2D eigenvalue weighted by Crippen LogP contribution is 2.39. The van der Waals surface area contributed by atoms with Crippen LogP contribution in [0.5, 0.6) is 0 Å². The van der Waals surface area contributed by atoms with Gasteiger partial charge in [-0.3, -0.25) is 9.59 Å². The van der Waals surface area contributed by atoms with Crippen LogP contribution in [0.4, 0.5) is 0 Å². The summed E-state index contributed by atoms with van der Waals surface area (Å²) >= 11 is 0. The first-order valence-corrected chi connectivity index (χ1v) is 6.56. The Morgan fingerprint density at radius 3 is 2.65 bits per heavy atom. The maximum Gasteiger partial charge on any atom is 0.308 e. The number of amides is 1. The molecule has 4 heteroatoms. The second kappa shape index (κ2) is 4.67. The fourth-order valence-electron chi connectivity index (χ4n) is 3.46. The summed E-state index contributed by atoms with van der Waals surface area (Å²) in [5.41, 5.74) is 0. The molecule has 0 spiro atoms. The molecule has 0 aromatic rings. The summed E-state index contributed by atoms with van der Waals surface area (Å²) in [6.45, 7) is 4.81. The molecule has 1 N–H and O–H groups in total. The van der Waals surface area contributed by atoms with Gasteiger partial charge in [0.15, 0.2) is 0 Å². The highest BCUT2D eigenvalue weighted by atomic mass is 16.4. The maximum atomic E-state index is 11.9. The van der Waals surface area contributed by atoms with Crippen LogP contribution < -0.4 is 0 Å². The van der Waals surface area contributed by atoms with Gasteiger partial charge in [-0.05, 0) is 24.7 Å². The molecule has 0 aromatic carbocycles. The van der Waals surface area contributed by atoms with Crippen molar-refractivity contribution in [2.45, 2.75) is 45.6 Å². The Labute approximate surface area is 102 Å². The fraction of sp³-hybridized carbons (Fsp3) is 0.846. The van der Waals surface area contributed by atoms with E-state index in [0.717, 1.165) is 12.8 Å². The molecular formula is C13H21NO3. The Morgan fingerprint density at radius 2 is 2.18 bits per heavy atom. The lowest BCUT2D eigenvalue weighted by atomic mass is 9.93. The van der Waals surface area contributed by atoms with Crippen molar-refractivity contribution < 1.29 is 14.7 Å². The molecule has 0 aromatic heterocycles. The van der Waals surface area contributed by atoms with E-state index < -0.39 is 11.9 Å². The number of hydrogen-bond acceptors (Lipinski definition) is 2. The number of carboxylic acids is 1. The molecule has 1 amide bonds. The van der Waals surface area contributed by atoms with Crippen molar-refractivity contribution in [3.8, 4) is 0 Å². The van der Waals surface area contributed by atoms with Gasteiger partial charge in [0.05, 0.1) is 5.92 Å². The van der Waals surface area contributed by atoms with Gasteiger partial charge >= 0.3 is 5.97 Å². The normalized spacial score (nSPS) is 37.8. The van der Waals surface area contributed by atoms with Crippen LogP contribution in [0.2, 0.25) is 0 Å². The van der Waals surface area contributed by atoms with E-state index in [9.17, 15) is 9.59 Å². The molecule has 1 aliphatic carbocycles. The van der Waals surface area contributed by atoms with Gasteiger partial charge in [0.2, 0.25) is 5.91 Å². The number of nitrogens with zero attached hydrogens (tertiary/aromatic N) is 1. The number of rotatable bonds is 3. The van der Waals surface area contributed by atoms with E-state index in [1.165, 1.54) is 6.42 Å². The molecule has 1 aliphatic heterocycles. The number of aliphatic carboxylic acids is 1. The van der Waals surface area contributed by atoms with Gasteiger partial charge in [0.1, 0.15) is 0 Å². The van der Waals surface area contributed by atoms with Crippen LogP contribution in [-0.4, -0.2) is 34.5 Å². The van der Waals surface area contributed by atoms with Crippen molar-refractivity contribution in [2.24, 2.45) is 17.8 Å². The van der Waals surface area contributed by atoms with Gasteiger partial charge < -0.3 is 10.0 Å². The second-order valence-corrected chi connectivity index (χ2v) is 5.46. The van der Waals surface area contributed by atoms with Crippen LogP contribution >= 0.6 is 0 Å². The summed E-state index contributed by atoms with van der Waals surface area (Å²) in [5.74, 6) is -0.0897. The lowest BCUT2D eigenvalue weighted by Crippen LogP contribution is -2.39. The summed E-state index contributed by atoms with van der Waals surface area (Å²) in [5, 5.41) is 8.98. The van der Waals surface area contributed by atoms with Gasteiger partial charge in [-0.2, -0.15) is 0 Å². The zero-order valence-corrected chi connectivity index (χ0v) is 10.6. The Morgan fingerprint density at radius 1 is 1.47 bits per heavy atom. The number of carbonyl (C=O) groups excluding carboxylic acids is 1. The van der Waals surface area contributed by atoms with Crippen LogP contribution in [0.1, 0.15) is 39.5 Å². The molecule has 4 unspecified atom stereocenters. The van der Waals surface area contributed by atoms with Crippen LogP contribution in [-0.2, 0) is 9.59 Å². The third kappa shape index (κ3) is 2.17. The van der Waals surface area contributed by atoms with Crippen molar-refractivity contribution >= 4 is 11.9 Å². The molecule has 4 atom stereocenters. The average molecular weight is 239 g/mol. The van der Waals surface area contributed by atoms with Crippen LogP contribution in [0.25, 0.3) is 0 Å². The first kappa shape index (κ1) is 12.4. The molecule has 1 heterocycles. The molecule has 2 aliphatic rings. The Kier molecular flexibility index (Phi) is 3.40. The first-order chi connectivity index (χ1) is 8.04. The van der Waals surface area contributed by atoms with E-state index in [0.29, 0.717) is 18.4 Å². The average Bonchev–Trinajstić information content (AvgIpc) is 2.82. The zero-order valence-electron chi connectivity index (χ0n) is 10.6. The summed E-state index contributed by atoms with van der Waals surface area (Å²) in [6.07, 6.45) is 3.55. The summed E-state index contributed by atoms with van der Waals surface area (Å²) < 4.78 is 0. The number of carbonyl (C=O) groups is 2. The molecule has 4 nitrogen and oxygen atoms in total. The van der Waals surface area contributed by atoms with E-state index in [-0.39, 0.29) is 18.4 Å². The summed E-state index contributed by atoms with van der Waals surface area (Å²) in [7, 11) is 0.